The van der Waals surface area contributed by atoms with E-state index in [0.29, 0.717) is 11.0 Å². The fourth-order valence-electron chi connectivity index (χ4n) is 1.98. The van der Waals surface area contributed by atoms with E-state index in [4.69, 9.17) is 9.52 Å². The molecule has 3 rings (SSSR count). The molecule has 3 aromatic rings. The van der Waals surface area contributed by atoms with E-state index in [1.807, 2.05) is 0 Å². The van der Waals surface area contributed by atoms with Crippen LogP contribution in [0.1, 0.15) is 10.4 Å². The molecular weight excluding hydrogens is 306 g/mol. The number of furan rings is 1. The molecule has 0 aliphatic heterocycles. The number of hydrogen-bond donors (Lipinski definition) is 2. The van der Waals surface area contributed by atoms with Crippen molar-refractivity contribution in [1.82, 2.24) is 0 Å². The van der Waals surface area contributed by atoms with Gasteiger partial charge in [0.05, 0.1) is 5.56 Å². The maximum atomic E-state index is 12.3. The number of carboxylic acid groups (broad SMARTS) is 1. The highest BCUT2D eigenvalue weighted by Crippen LogP contribution is 2.24. The van der Waals surface area contributed by atoms with Gasteiger partial charge in [-0.05, 0) is 30.3 Å². The number of para-hydroxylation sites is 1. The Hall–Kier alpha value is -2.80. The van der Waals surface area contributed by atoms with E-state index in [9.17, 15) is 13.2 Å². The number of fused-ring (bicyclic) bond motifs is 1. The van der Waals surface area contributed by atoms with Crippen molar-refractivity contribution in [1.29, 1.82) is 0 Å². The summed E-state index contributed by atoms with van der Waals surface area (Å²) in [4.78, 5) is 10.8. The average molecular weight is 317 g/mol. The SMILES string of the molecule is O=C(O)c1ccc(NS(=O)(=O)c2cc3ccccc3o2)cc1. The van der Waals surface area contributed by atoms with Crippen molar-refractivity contribution in [2.75, 3.05) is 4.72 Å². The molecule has 7 heteroatoms. The number of aromatic carboxylic acids is 1. The standard InChI is InChI=1S/C15H11NO5S/c17-15(18)10-5-7-12(8-6-10)16-22(19,20)14-9-11-3-1-2-4-13(11)21-14/h1-9,16H,(H,17,18). The van der Waals surface area contributed by atoms with Crippen molar-refractivity contribution in [3.8, 4) is 0 Å². The van der Waals surface area contributed by atoms with Crippen LogP contribution in [0, 0.1) is 0 Å². The topological polar surface area (TPSA) is 96.6 Å². The predicted octanol–water partition coefficient (Wildman–Crippen LogP) is 2.93. The third-order valence-electron chi connectivity index (χ3n) is 3.05. The van der Waals surface area contributed by atoms with Crippen molar-refractivity contribution in [2.45, 2.75) is 5.09 Å². The van der Waals surface area contributed by atoms with Gasteiger partial charge in [0, 0.05) is 17.1 Å². The van der Waals surface area contributed by atoms with Gasteiger partial charge in [0.25, 0.3) is 10.0 Å². The van der Waals surface area contributed by atoms with Crippen LogP contribution in [0.5, 0.6) is 0 Å². The second kappa shape index (κ2) is 5.19. The number of anilines is 1. The quantitative estimate of drug-likeness (QED) is 0.771. The number of sulfonamides is 1. The van der Waals surface area contributed by atoms with Crippen LogP contribution in [0.3, 0.4) is 0 Å². The van der Waals surface area contributed by atoms with Crippen LogP contribution in [0.25, 0.3) is 11.0 Å². The molecule has 0 bridgehead atoms. The molecule has 22 heavy (non-hydrogen) atoms. The monoisotopic (exact) mass is 317 g/mol. The minimum atomic E-state index is -3.87. The summed E-state index contributed by atoms with van der Waals surface area (Å²) in [5.41, 5.74) is 0.807. The lowest BCUT2D eigenvalue weighted by molar-refractivity contribution is 0.0697. The molecule has 0 radical (unpaired) electrons. The summed E-state index contributed by atoms with van der Waals surface area (Å²) in [5.74, 6) is -1.08. The summed E-state index contributed by atoms with van der Waals surface area (Å²) in [6, 6.07) is 13.8. The van der Waals surface area contributed by atoms with Gasteiger partial charge in [-0.25, -0.2) is 4.79 Å². The fraction of sp³-hybridized carbons (Fsp3) is 0. The van der Waals surface area contributed by atoms with Gasteiger partial charge < -0.3 is 9.52 Å². The molecule has 0 aliphatic carbocycles. The van der Waals surface area contributed by atoms with E-state index in [-0.39, 0.29) is 16.3 Å². The van der Waals surface area contributed by atoms with Crippen LogP contribution in [-0.4, -0.2) is 19.5 Å². The molecule has 1 aromatic heterocycles. The molecule has 112 valence electrons. The number of hydrogen-bond acceptors (Lipinski definition) is 4. The number of carbonyl (C=O) groups is 1. The predicted molar refractivity (Wildman–Crippen MR) is 80.4 cm³/mol. The number of rotatable bonds is 4. The Morgan fingerprint density at radius 3 is 2.36 bits per heavy atom. The number of nitrogens with one attached hydrogen (secondary N) is 1. The second-order valence-electron chi connectivity index (χ2n) is 4.59. The van der Waals surface area contributed by atoms with Gasteiger partial charge >= 0.3 is 5.97 Å². The summed E-state index contributed by atoms with van der Waals surface area (Å²) in [7, 11) is -3.87. The minimum absolute atomic E-state index is 0.0756. The van der Waals surface area contributed by atoms with E-state index in [1.165, 1.54) is 30.3 Å². The Morgan fingerprint density at radius 2 is 1.73 bits per heavy atom. The van der Waals surface area contributed by atoms with E-state index in [0.717, 1.165) is 0 Å². The lowest BCUT2D eigenvalue weighted by Gasteiger charge is -2.05. The molecular formula is C15H11NO5S. The average Bonchev–Trinajstić information content (AvgIpc) is 2.92. The van der Waals surface area contributed by atoms with Crippen LogP contribution in [-0.2, 0) is 10.0 Å². The van der Waals surface area contributed by atoms with Crippen LogP contribution < -0.4 is 4.72 Å². The maximum Gasteiger partial charge on any atom is 0.335 e. The molecule has 0 aliphatic rings. The first-order valence-electron chi connectivity index (χ1n) is 6.30. The highest BCUT2D eigenvalue weighted by atomic mass is 32.2. The highest BCUT2D eigenvalue weighted by molar-refractivity contribution is 7.92. The molecule has 0 spiro atoms. The Bertz CT molecular complexity index is 908. The van der Waals surface area contributed by atoms with Crippen LogP contribution in [0.2, 0.25) is 0 Å². The first-order valence-corrected chi connectivity index (χ1v) is 7.79. The molecule has 0 saturated carbocycles. The summed E-state index contributed by atoms with van der Waals surface area (Å²) in [5, 5.41) is 9.30. The Morgan fingerprint density at radius 1 is 1.05 bits per heavy atom. The van der Waals surface area contributed by atoms with Gasteiger partial charge in [0.1, 0.15) is 5.58 Å². The molecule has 2 aromatic carbocycles. The lowest BCUT2D eigenvalue weighted by atomic mass is 10.2. The second-order valence-corrected chi connectivity index (χ2v) is 6.20. The summed E-state index contributed by atoms with van der Waals surface area (Å²) < 4.78 is 32.2. The molecule has 6 nitrogen and oxygen atoms in total. The van der Waals surface area contributed by atoms with Gasteiger partial charge in [-0.2, -0.15) is 8.42 Å². The number of benzene rings is 2. The molecule has 0 unspecified atom stereocenters. The van der Waals surface area contributed by atoms with Gasteiger partial charge in [-0.15, -0.1) is 0 Å². The highest BCUT2D eigenvalue weighted by Gasteiger charge is 2.19. The van der Waals surface area contributed by atoms with Crippen molar-refractivity contribution in [3.05, 3.63) is 60.2 Å². The van der Waals surface area contributed by atoms with Crippen LogP contribution in [0.4, 0.5) is 5.69 Å². The first kappa shape index (κ1) is 14.2. The van der Waals surface area contributed by atoms with Gasteiger partial charge in [0.2, 0.25) is 5.09 Å². The van der Waals surface area contributed by atoms with E-state index < -0.39 is 16.0 Å². The first-order chi connectivity index (χ1) is 10.5. The van der Waals surface area contributed by atoms with Crippen molar-refractivity contribution < 1.29 is 22.7 Å². The maximum absolute atomic E-state index is 12.3. The molecule has 0 fully saturated rings. The zero-order valence-electron chi connectivity index (χ0n) is 11.2. The fourth-order valence-corrected chi connectivity index (χ4v) is 3.00. The van der Waals surface area contributed by atoms with Gasteiger partial charge in [-0.3, -0.25) is 4.72 Å². The summed E-state index contributed by atoms with van der Waals surface area (Å²) in [6.07, 6.45) is 0. The van der Waals surface area contributed by atoms with Gasteiger partial charge in [-0.1, -0.05) is 18.2 Å². The molecule has 0 saturated heterocycles. The van der Waals surface area contributed by atoms with Crippen LogP contribution in [0.15, 0.2) is 64.1 Å². The zero-order valence-corrected chi connectivity index (χ0v) is 12.0. The zero-order chi connectivity index (χ0) is 15.7. The molecule has 1 heterocycles. The third-order valence-corrected chi connectivity index (χ3v) is 4.29. The third kappa shape index (κ3) is 2.66. The van der Waals surface area contributed by atoms with Gasteiger partial charge in [0.15, 0.2) is 0 Å². The Balaban J connectivity index is 1.91. The Labute approximate surface area is 126 Å². The van der Waals surface area contributed by atoms with Crippen molar-refractivity contribution >= 4 is 32.6 Å². The van der Waals surface area contributed by atoms with E-state index in [1.54, 1.807) is 24.3 Å². The Kier molecular flexibility index (Phi) is 3.34. The van der Waals surface area contributed by atoms with Crippen molar-refractivity contribution in [3.63, 3.8) is 0 Å². The smallest absolute Gasteiger partial charge is 0.335 e. The minimum Gasteiger partial charge on any atom is -0.478 e. The van der Waals surface area contributed by atoms with E-state index >= 15 is 0 Å². The lowest BCUT2D eigenvalue weighted by Crippen LogP contribution is -2.12. The number of carboxylic acids is 1. The molecule has 0 atom stereocenters. The van der Waals surface area contributed by atoms with E-state index in [2.05, 4.69) is 4.72 Å². The summed E-state index contributed by atoms with van der Waals surface area (Å²) >= 11 is 0. The molecule has 0 amide bonds. The normalized spacial score (nSPS) is 11.5. The largest absolute Gasteiger partial charge is 0.478 e. The van der Waals surface area contributed by atoms with Crippen molar-refractivity contribution in [2.24, 2.45) is 0 Å². The van der Waals surface area contributed by atoms with Crippen LogP contribution >= 0.6 is 0 Å². The molecule has 2 N–H and O–H groups in total. The summed E-state index contributed by atoms with van der Waals surface area (Å²) in [6.45, 7) is 0.